The highest BCUT2D eigenvalue weighted by atomic mass is 32.2. The van der Waals surface area contributed by atoms with Crippen molar-refractivity contribution in [2.45, 2.75) is 24.8 Å². The summed E-state index contributed by atoms with van der Waals surface area (Å²) in [6, 6.07) is 22.2. The summed E-state index contributed by atoms with van der Waals surface area (Å²) in [4.78, 5) is 14.0. The van der Waals surface area contributed by atoms with Crippen LogP contribution >= 0.6 is 11.8 Å². The summed E-state index contributed by atoms with van der Waals surface area (Å²) in [7, 11) is 0. The Morgan fingerprint density at radius 1 is 1.00 bits per heavy atom. The maximum Gasteiger partial charge on any atom is 0.251 e. The number of benzene rings is 3. The van der Waals surface area contributed by atoms with Crippen LogP contribution < -0.4 is 5.32 Å². The first-order valence-corrected chi connectivity index (χ1v) is 10.7. The lowest BCUT2D eigenvalue weighted by atomic mass is 10.0. The first-order chi connectivity index (χ1) is 14.1. The van der Waals surface area contributed by atoms with E-state index in [2.05, 4.69) is 54.7 Å². The Hall–Kier alpha value is -2.82. The monoisotopic (exact) mass is 401 g/mol. The third kappa shape index (κ3) is 4.61. The van der Waals surface area contributed by atoms with Crippen LogP contribution in [0.5, 0.6) is 0 Å². The smallest absolute Gasteiger partial charge is 0.251 e. The Labute approximate surface area is 175 Å². The molecule has 0 fully saturated rings. The molecule has 3 aromatic carbocycles. The summed E-state index contributed by atoms with van der Waals surface area (Å²) in [5.74, 6) is 0.801. The number of aryl methyl sites for hydroxylation is 1. The van der Waals surface area contributed by atoms with Crippen molar-refractivity contribution >= 4 is 29.4 Å². The summed E-state index contributed by atoms with van der Waals surface area (Å²) in [5.41, 5.74) is 7.00. The van der Waals surface area contributed by atoms with Crippen LogP contribution in [0.25, 0.3) is 17.2 Å². The molecule has 0 aromatic heterocycles. The first kappa shape index (κ1) is 19.5. The number of rotatable bonds is 4. The number of anilines is 1. The molecule has 1 aliphatic rings. The van der Waals surface area contributed by atoms with Gasteiger partial charge in [0.2, 0.25) is 0 Å². The number of thioether (sulfide) groups is 1. The molecule has 1 amide bonds. The minimum Gasteiger partial charge on any atom is -0.392 e. The van der Waals surface area contributed by atoms with E-state index in [1.54, 1.807) is 11.8 Å². The summed E-state index contributed by atoms with van der Waals surface area (Å²) in [5, 5.41) is 12.1. The lowest BCUT2D eigenvalue weighted by molar-refractivity contribution is -0.112. The van der Waals surface area contributed by atoms with Gasteiger partial charge in [-0.25, -0.2) is 0 Å². The van der Waals surface area contributed by atoms with Crippen molar-refractivity contribution in [3.8, 4) is 11.1 Å². The molecule has 0 spiro atoms. The van der Waals surface area contributed by atoms with E-state index in [-0.39, 0.29) is 12.5 Å². The molecular weight excluding hydrogens is 378 g/mol. The number of hydrogen-bond acceptors (Lipinski definition) is 3. The topological polar surface area (TPSA) is 49.3 Å². The molecule has 0 aliphatic carbocycles. The Balaban J connectivity index is 1.60. The van der Waals surface area contributed by atoms with E-state index < -0.39 is 0 Å². The molecule has 4 rings (SSSR count). The van der Waals surface area contributed by atoms with Crippen molar-refractivity contribution in [2.75, 3.05) is 11.1 Å². The van der Waals surface area contributed by atoms with Gasteiger partial charge < -0.3 is 10.4 Å². The largest absolute Gasteiger partial charge is 0.392 e. The highest BCUT2D eigenvalue weighted by Crippen LogP contribution is 2.34. The lowest BCUT2D eigenvalue weighted by Gasteiger charge is -2.09. The van der Waals surface area contributed by atoms with Gasteiger partial charge in [0, 0.05) is 21.9 Å². The number of aliphatic hydroxyl groups excluding tert-OH is 1. The van der Waals surface area contributed by atoms with Crippen molar-refractivity contribution in [2.24, 2.45) is 0 Å². The molecule has 0 saturated carbocycles. The highest BCUT2D eigenvalue weighted by Gasteiger charge is 2.16. The number of carbonyl (C=O) groups is 1. The average molecular weight is 402 g/mol. The third-order valence-corrected chi connectivity index (χ3v) is 6.13. The van der Waals surface area contributed by atoms with Crippen LogP contribution in [-0.2, 0) is 11.4 Å². The molecule has 29 heavy (non-hydrogen) atoms. The zero-order chi connectivity index (χ0) is 20.2. The molecular formula is C25H23NO2S. The van der Waals surface area contributed by atoms with Crippen LogP contribution in [0.15, 0.2) is 77.2 Å². The summed E-state index contributed by atoms with van der Waals surface area (Å²) in [6.45, 7) is 2.08. The fourth-order valence-electron chi connectivity index (χ4n) is 3.33. The SMILES string of the molecule is Cc1ccc(-c2ccc3c(c2)C=C(C(=O)Nc2ccc(CO)cc2)CCS3)cc1. The number of fused-ring (bicyclic) bond motifs is 1. The fraction of sp³-hybridized carbons (Fsp3) is 0.160. The van der Waals surface area contributed by atoms with Gasteiger partial charge in [-0.3, -0.25) is 4.79 Å². The van der Waals surface area contributed by atoms with Crippen LogP contribution in [0.1, 0.15) is 23.1 Å². The van der Waals surface area contributed by atoms with Gasteiger partial charge in [0.25, 0.3) is 5.91 Å². The molecule has 146 valence electrons. The number of carbonyl (C=O) groups excluding carboxylic acids is 1. The molecule has 2 N–H and O–H groups in total. The van der Waals surface area contributed by atoms with Gasteiger partial charge in [-0.1, -0.05) is 48.0 Å². The van der Waals surface area contributed by atoms with Gasteiger partial charge in [0.15, 0.2) is 0 Å². The van der Waals surface area contributed by atoms with Gasteiger partial charge in [0.05, 0.1) is 6.61 Å². The first-order valence-electron chi connectivity index (χ1n) is 9.68. The molecule has 0 saturated heterocycles. The van der Waals surface area contributed by atoms with E-state index in [1.807, 2.05) is 30.3 Å². The summed E-state index contributed by atoms with van der Waals surface area (Å²) in [6.07, 6.45) is 2.74. The minimum atomic E-state index is -0.0732. The highest BCUT2D eigenvalue weighted by molar-refractivity contribution is 7.99. The normalized spacial score (nSPS) is 13.2. The Morgan fingerprint density at radius 3 is 2.45 bits per heavy atom. The lowest BCUT2D eigenvalue weighted by Crippen LogP contribution is -2.14. The van der Waals surface area contributed by atoms with Gasteiger partial charge >= 0.3 is 0 Å². The van der Waals surface area contributed by atoms with Crippen LogP contribution in [0.2, 0.25) is 0 Å². The standard InChI is InChI=1S/C25H23NO2S/c1-17-2-6-19(7-3-17)20-8-11-24-22(14-20)15-21(12-13-29-24)25(28)26-23-9-4-18(16-27)5-10-23/h2-11,14-15,27H,12-13,16H2,1H3,(H,26,28). The van der Waals surface area contributed by atoms with Crippen LogP contribution in [-0.4, -0.2) is 16.8 Å². The van der Waals surface area contributed by atoms with E-state index in [4.69, 9.17) is 5.11 Å². The van der Waals surface area contributed by atoms with Gasteiger partial charge in [-0.05, 0) is 65.9 Å². The van der Waals surface area contributed by atoms with E-state index in [9.17, 15) is 4.79 Å². The zero-order valence-corrected chi connectivity index (χ0v) is 17.1. The van der Waals surface area contributed by atoms with Gasteiger partial charge in [0.1, 0.15) is 0 Å². The average Bonchev–Trinajstić information content (AvgIpc) is 2.97. The zero-order valence-electron chi connectivity index (χ0n) is 16.3. The molecule has 0 unspecified atom stereocenters. The molecule has 0 radical (unpaired) electrons. The minimum absolute atomic E-state index is 0.00327. The molecule has 3 aromatic rings. The van der Waals surface area contributed by atoms with Crippen molar-refractivity contribution in [1.82, 2.24) is 0 Å². The van der Waals surface area contributed by atoms with Crippen molar-refractivity contribution < 1.29 is 9.90 Å². The van der Waals surface area contributed by atoms with Crippen molar-refractivity contribution in [1.29, 1.82) is 0 Å². The third-order valence-electron chi connectivity index (χ3n) is 5.04. The predicted octanol–water partition coefficient (Wildman–Crippen LogP) is 5.67. The molecule has 0 bridgehead atoms. The fourth-order valence-corrected chi connectivity index (χ4v) is 4.32. The second-order valence-electron chi connectivity index (χ2n) is 7.20. The Kier molecular flexibility index (Phi) is 5.84. The Morgan fingerprint density at radius 2 is 1.72 bits per heavy atom. The summed E-state index contributed by atoms with van der Waals surface area (Å²) >= 11 is 1.79. The van der Waals surface area contributed by atoms with E-state index in [0.29, 0.717) is 0 Å². The number of nitrogens with one attached hydrogen (secondary N) is 1. The second-order valence-corrected chi connectivity index (χ2v) is 8.33. The molecule has 0 atom stereocenters. The van der Waals surface area contributed by atoms with Gasteiger partial charge in [-0.2, -0.15) is 0 Å². The summed E-state index contributed by atoms with van der Waals surface area (Å²) < 4.78 is 0. The maximum atomic E-state index is 12.8. The predicted molar refractivity (Wildman–Crippen MR) is 121 cm³/mol. The molecule has 3 nitrogen and oxygen atoms in total. The van der Waals surface area contributed by atoms with Gasteiger partial charge in [-0.15, -0.1) is 11.8 Å². The second kappa shape index (κ2) is 8.68. The molecule has 4 heteroatoms. The van der Waals surface area contributed by atoms with E-state index in [1.165, 1.54) is 16.0 Å². The van der Waals surface area contributed by atoms with Crippen molar-refractivity contribution in [3.63, 3.8) is 0 Å². The van der Waals surface area contributed by atoms with E-state index in [0.717, 1.165) is 40.1 Å². The molecule has 1 aliphatic heterocycles. The maximum absolute atomic E-state index is 12.8. The van der Waals surface area contributed by atoms with Crippen LogP contribution in [0.3, 0.4) is 0 Å². The van der Waals surface area contributed by atoms with Crippen molar-refractivity contribution in [3.05, 3.63) is 89.0 Å². The molecule has 1 heterocycles. The van der Waals surface area contributed by atoms with Crippen LogP contribution in [0, 0.1) is 6.92 Å². The number of hydrogen-bond donors (Lipinski definition) is 2. The van der Waals surface area contributed by atoms with E-state index >= 15 is 0 Å². The Bertz CT molecular complexity index is 1050. The quantitative estimate of drug-likeness (QED) is 0.592. The number of aliphatic hydroxyl groups is 1. The number of amides is 1. The van der Waals surface area contributed by atoms with Crippen LogP contribution in [0.4, 0.5) is 5.69 Å².